The van der Waals surface area contributed by atoms with Gasteiger partial charge in [0, 0.05) is 12.6 Å². The largest absolute Gasteiger partial charge is 0.494 e. The third-order valence-electron chi connectivity index (χ3n) is 3.77. The summed E-state index contributed by atoms with van der Waals surface area (Å²) in [6, 6.07) is 8.66. The van der Waals surface area contributed by atoms with Crippen molar-refractivity contribution in [1.29, 1.82) is 0 Å². The minimum Gasteiger partial charge on any atom is -0.494 e. The van der Waals surface area contributed by atoms with Crippen molar-refractivity contribution < 1.29 is 9.47 Å². The standard InChI is InChI=1S/C17H27NO2/c1-14(18)6-7-15-8-10-17(11-9-15)20-13-3-5-16-4-2-12-19-16/h8-11,14,16H,2-7,12-13,18H2,1H3. The molecule has 20 heavy (non-hydrogen) atoms. The zero-order valence-electron chi connectivity index (χ0n) is 12.5. The van der Waals surface area contributed by atoms with Gasteiger partial charge in [-0.25, -0.2) is 0 Å². The molecule has 0 aromatic heterocycles. The molecule has 2 N–H and O–H groups in total. The Morgan fingerprint density at radius 3 is 2.80 bits per heavy atom. The molecular weight excluding hydrogens is 250 g/mol. The third-order valence-corrected chi connectivity index (χ3v) is 3.77. The summed E-state index contributed by atoms with van der Waals surface area (Å²) in [6.07, 6.45) is 7.16. The van der Waals surface area contributed by atoms with Gasteiger partial charge in [0.2, 0.25) is 0 Å². The van der Waals surface area contributed by atoms with Crippen molar-refractivity contribution in [2.75, 3.05) is 13.2 Å². The van der Waals surface area contributed by atoms with E-state index in [-0.39, 0.29) is 6.04 Å². The zero-order valence-corrected chi connectivity index (χ0v) is 12.5. The summed E-state index contributed by atoms with van der Waals surface area (Å²) in [7, 11) is 0. The van der Waals surface area contributed by atoms with E-state index in [1.807, 2.05) is 6.92 Å². The van der Waals surface area contributed by atoms with Crippen LogP contribution in [0.4, 0.5) is 0 Å². The lowest BCUT2D eigenvalue weighted by Crippen LogP contribution is -2.15. The van der Waals surface area contributed by atoms with Crippen molar-refractivity contribution in [1.82, 2.24) is 0 Å². The minimum atomic E-state index is 0.267. The van der Waals surface area contributed by atoms with Crippen molar-refractivity contribution >= 4 is 0 Å². The van der Waals surface area contributed by atoms with Gasteiger partial charge >= 0.3 is 0 Å². The Labute approximate surface area is 122 Å². The van der Waals surface area contributed by atoms with Gasteiger partial charge in [-0.15, -0.1) is 0 Å². The molecule has 1 fully saturated rings. The van der Waals surface area contributed by atoms with Crippen LogP contribution in [0.15, 0.2) is 24.3 Å². The van der Waals surface area contributed by atoms with Gasteiger partial charge in [-0.05, 0) is 63.1 Å². The predicted molar refractivity (Wildman–Crippen MR) is 82.1 cm³/mol. The SMILES string of the molecule is CC(N)CCc1ccc(OCCCC2CCCO2)cc1. The minimum absolute atomic E-state index is 0.267. The smallest absolute Gasteiger partial charge is 0.119 e. The first-order valence-electron chi connectivity index (χ1n) is 7.83. The highest BCUT2D eigenvalue weighted by Gasteiger charge is 2.14. The quantitative estimate of drug-likeness (QED) is 0.741. The van der Waals surface area contributed by atoms with Crippen LogP contribution in [0.2, 0.25) is 0 Å². The molecule has 0 amide bonds. The molecule has 1 aliphatic heterocycles. The third kappa shape index (κ3) is 5.51. The second kappa shape index (κ2) is 8.28. The fourth-order valence-electron chi connectivity index (χ4n) is 2.52. The van der Waals surface area contributed by atoms with Crippen LogP contribution >= 0.6 is 0 Å². The number of hydrogen-bond donors (Lipinski definition) is 1. The molecule has 0 radical (unpaired) electrons. The molecule has 1 aromatic rings. The molecule has 2 unspecified atom stereocenters. The summed E-state index contributed by atoms with van der Waals surface area (Å²) in [4.78, 5) is 0. The van der Waals surface area contributed by atoms with Crippen LogP contribution in [0.3, 0.4) is 0 Å². The fourth-order valence-corrected chi connectivity index (χ4v) is 2.52. The Hall–Kier alpha value is -1.06. The lowest BCUT2D eigenvalue weighted by Gasteiger charge is -2.10. The van der Waals surface area contributed by atoms with Crippen molar-refractivity contribution in [2.24, 2.45) is 5.73 Å². The first kappa shape index (κ1) is 15.3. The van der Waals surface area contributed by atoms with E-state index >= 15 is 0 Å². The molecule has 1 heterocycles. The van der Waals surface area contributed by atoms with Gasteiger partial charge in [0.1, 0.15) is 5.75 Å². The second-order valence-electron chi connectivity index (χ2n) is 5.79. The molecule has 3 nitrogen and oxygen atoms in total. The summed E-state index contributed by atoms with van der Waals surface area (Å²) in [5.74, 6) is 0.960. The van der Waals surface area contributed by atoms with E-state index < -0.39 is 0 Å². The summed E-state index contributed by atoms with van der Waals surface area (Å²) in [6.45, 7) is 3.76. The molecule has 0 bridgehead atoms. The van der Waals surface area contributed by atoms with Crippen LogP contribution in [0.5, 0.6) is 5.75 Å². The molecule has 2 atom stereocenters. The number of aryl methyl sites for hydroxylation is 1. The molecular formula is C17H27NO2. The van der Waals surface area contributed by atoms with E-state index in [2.05, 4.69) is 24.3 Å². The maximum absolute atomic E-state index is 5.77. The van der Waals surface area contributed by atoms with E-state index in [9.17, 15) is 0 Å². The molecule has 112 valence electrons. The van der Waals surface area contributed by atoms with Gasteiger partial charge in [0.15, 0.2) is 0 Å². The van der Waals surface area contributed by atoms with Crippen LogP contribution < -0.4 is 10.5 Å². The van der Waals surface area contributed by atoms with E-state index in [0.717, 1.165) is 44.6 Å². The lowest BCUT2D eigenvalue weighted by molar-refractivity contribution is 0.0981. The number of ether oxygens (including phenoxy) is 2. The molecule has 0 spiro atoms. The normalized spacial score (nSPS) is 20.0. The molecule has 2 rings (SSSR count). The van der Waals surface area contributed by atoms with Crippen LogP contribution in [0.25, 0.3) is 0 Å². The topological polar surface area (TPSA) is 44.5 Å². The van der Waals surface area contributed by atoms with Crippen LogP contribution in [-0.4, -0.2) is 25.4 Å². The Balaban J connectivity index is 1.62. The maximum atomic E-state index is 5.77. The average molecular weight is 277 g/mol. The number of rotatable bonds is 8. The van der Waals surface area contributed by atoms with Crippen molar-refractivity contribution in [3.05, 3.63) is 29.8 Å². The Kier molecular flexibility index (Phi) is 6.34. The van der Waals surface area contributed by atoms with Crippen molar-refractivity contribution in [3.8, 4) is 5.75 Å². The molecule has 1 aromatic carbocycles. The first-order chi connectivity index (χ1) is 9.74. The Morgan fingerprint density at radius 2 is 2.15 bits per heavy atom. The summed E-state index contributed by atoms with van der Waals surface area (Å²) in [5, 5.41) is 0. The first-order valence-corrected chi connectivity index (χ1v) is 7.83. The molecule has 1 saturated heterocycles. The highest BCUT2D eigenvalue weighted by atomic mass is 16.5. The summed E-state index contributed by atoms with van der Waals surface area (Å²) in [5.41, 5.74) is 7.10. The average Bonchev–Trinajstić information content (AvgIpc) is 2.96. The van der Waals surface area contributed by atoms with Gasteiger partial charge in [-0.2, -0.15) is 0 Å². The number of benzene rings is 1. The van der Waals surface area contributed by atoms with Gasteiger partial charge in [0.05, 0.1) is 12.7 Å². The van der Waals surface area contributed by atoms with Crippen LogP contribution in [0.1, 0.15) is 44.6 Å². The van der Waals surface area contributed by atoms with Crippen molar-refractivity contribution in [3.63, 3.8) is 0 Å². The lowest BCUT2D eigenvalue weighted by atomic mass is 10.1. The number of hydrogen-bond acceptors (Lipinski definition) is 3. The van der Waals surface area contributed by atoms with Gasteiger partial charge in [-0.1, -0.05) is 12.1 Å². The summed E-state index contributed by atoms with van der Waals surface area (Å²) < 4.78 is 11.4. The van der Waals surface area contributed by atoms with Gasteiger partial charge in [0.25, 0.3) is 0 Å². The van der Waals surface area contributed by atoms with Gasteiger partial charge in [-0.3, -0.25) is 0 Å². The maximum Gasteiger partial charge on any atom is 0.119 e. The van der Waals surface area contributed by atoms with E-state index in [0.29, 0.717) is 6.10 Å². The highest BCUT2D eigenvalue weighted by Crippen LogP contribution is 2.18. The van der Waals surface area contributed by atoms with E-state index in [1.165, 1.54) is 18.4 Å². The fraction of sp³-hybridized carbons (Fsp3) is 0.647. The Bertz CT molecular complexity index is 369. The predicted octanol–water partition coefficient (Wildman–Crippen LogP) is 3.30. The van der Waals surface area contributed by atoms with Crippen LogP contribution in [-0.2, 0) is 11.2 Å². The van der Waals surface area contributed by atoms with E-state index in [4.69, 9.17) is 15.2 Å². The zero-order chi connectivity index (χ0) is 14.2. The molecule has 0 aliphatic carbocycles. The molecule has 1 aliphatic rings. The second-order valence-corrected chi connectivity index (χ2v) is 5.79. The monoisotopic (exact) mass is 277 g/mol. The number of nitrogens with two attached hydrogens (primary N) is 1. The van der Waals surface area contributed by atoms with Crippen LogP contribution in [0, 0.1) is 0 Å². The Morgan fingerprint density at radius 1 is 1.35 bits per heavy atom. The molecule has 0 saturated carbocycles. The highest BCUT2D eigenvalue weighted by molar-refractivity contribution is 5.27. The molecule has 3 heteroatoms. The summed E-state index contributed by atoms with van der Waals surface area (Å²) >= 11 is 0. The van der Waals surface area contributed by atoms with Gasteiger partial charge < -0.3 is 15.2 Å². The van der Waals surface area contributed by atoms with Crippen molar-refractivity contribution in [2.45, 2.75) is 57.6 Å². The van der Waals surface area contributed by atoms with E-state index in [1.54, 1.807) is 0 Å².